The van der Waals surface area contributed by atoms with Gasteiger partial charge in [0.2, 0.25) is 0 Å². The second-order valence-electron chi connectivity index (χ2n) is 4.75. The molecule has 0 fully saturated rings. The maximum absolute atomic E-state index is 12.6. The first-order chi connectivity index (χ1) is 9.63. The lowest BCUT2D eigenvalue weighted by molar-refractivity contribution is 0.103. The van der Waals surface area contributed by atoms with Crippen molar-refractivity contribution in [2.24, 2.45) is 0 Å². The molecular weight excluding hydrogens is 250 g/mol. The minimum atomic E-state index is -0.0418. The first-order valence-electron chi connectivity index (χ1n) is 6.76. The first kappa shape index (κ1) is 14.1. The zero-order valence-electron chi connectivity index (χ0n) is 11.8. The van der Waals surface area contributed by atoms with Crippen LogP contribution in [0.1, 0.15) is 34.8 Å². The molecule has 0 saturated heterocycles. The summed E-state index contributed by atoms with van der Waals surface area (Å²) < 4.78 is 5.64. The van der Waals surface area contributed by atoms with Crippen molar-refractivity contribution in [1.29, 1.82) is 0 Å². The number of hydrogen-bond acceptors (Lipinski definition) is 3. The summed E-state index contributed by atoms with van der Waals surface area (Å²) >= 11 is 0. The second-order valence-corrected chi connectivity index (χ2v) is 4.75. The van der Waals surface area contributed by atoms with Gasteiger partial charge in [-0.1, -0.05) is 19.1 Å². The molecule has 2 rings (SSSR count). The third-order valence-corrected chi connectivity index (χ3v) is 3.13. The number of aryl methyl sites for hydroxylation is 1. The van der Waals surface area contributed by atoms with Gasteiger partial charge in [-0.3, -0.25) is 4.79 Å². The van der Waals surface area contributed by atoms with E-state index in [1.165, 1.54) is 0 Å². The largest absolute Gasteiger partial charge is 0.493 e. The third kappa shape index (κ3) is 2.99. The summed E-state index contributed by atoms with van der Waals surface area (Å²) in [5, 5.41) is 0. The smallest absolute Gasteiger partial charge is 0.196 e. The van der Waals surface area contributed by atoms with Crippen LogP contribution in [-0.2, 0) is 0 Å². The number of ether oxygens (including phenoxy) is 1. The summed E-state index contributed by atoms with van der Waals surface area (Å²) in [4.78, 5) is 12.6. The minimum Gasteiger partial charge on any atom is -0.493 e. The predicted octanol–water partition coefficient (Wildman–Crippen LogP) is 3.60. The van der Waals surface area contributed by atoms with Crippen LogP contribution in [0.5, 0.6) is 5.75 Å². The molecule has 0 unspecified atom stereocenters. The maximum atomic E-state index is 12.6. The molecule has 3 nitrogen and oxygen atoms in total. The van der Waals surface area contributed by atoms with E-state index >= 15 is 0 Å². The number of nitrogen functional groups attached to an aromatic ring is 1. The van der Waals surface area contributed by atoms with Gasteiger partial charge in [-0.05, 0) is 49.2 Å². The molecule has 0 aliphatic heterocycles. The highest BCUT2D eigenvalue weighted by Crippen LogP contribution is 2.23. The van der Waals surface area contributed by atoms with Gasteiger partial charge in [-0.25, -0.2) is 0 Å². The SMILES string of the molecule is CCCOc1ccccc1C(=O)c1ccc(N)c(C)c1. The third-order valence-electron chi connectivity index (χ3n) is 3.13. The average Bonchev–Trinajstić information content (AvgIpc) is 2.47. The number of nitrogens with two attached hydrogens (primary N) is 1. The van der Waals surface area contributed by atoms with Crippen molar-refractivity contribution >= 4 is 11.5 Å². The molecule has 2 aromatic rings. The van der Waals surface area contributed by atoms with E-state index in [0.29, 0.717) is 29.2 Å². The lowest BCUT2D eigenvalue weighted by atomic mass is 10.00. The molecular formula is C17H19NO2. The molecule has 0 heterocycles. The fraction of sp³-hybridized carbons (Fsp3) is 0.235. The van der Waals surface area contributed by atoms with Gasteiger partial charge in [-0.15, -0.1) is 0 Å². The number of rotatable bonds is 5. The van der Waals surface area contributed by atoms with E-state index in [1.807, 2.05) is 38.1 Å². The molecule has 20 heavy (non-hydrogen) atoms. The van der Waals surface area contributed by atoms with Crippen LogP contribution in [0, 0.1) is 6.92 Å². The molecule has 0 aliphatic carbocycles. The Morgan fingerprint density at radius 2 is 1.95 bits per heavy atom. The van der Waals surface area contributed by atoms with Crippen molar-refractivity contribution in [3.05, 3.63) is 59.2 Å². The number of para-hydroxylation sites is 1. The normalized spacial score (nSPS) is 10.3. The van der Waals surface area contributed by atoms with Crippen LogP contribution < -0.4 is 10.5 Å². The topological polar surface area (TPSA) is 52.3 Å². The van der Waals surface area contributed by atoms with Crippen LogP contribution in [-0.4, -0.2) is 12.4 Å². The van der Waals surface area contributed by atoms with Gasteiger partial charge < -0.3 is 10.5 Å². The Balaban J connectivity index is 2.35. The molecule has 3 heteroatoms. The van der Waals surface area contributed by atoms with Crippen LogP contribution in [0.3, 0.4) is 0 Å². The zero-order valence-corrected chi connectivity index (χ0v) is 11.8. The highest BCUT2D eigenvalue weighted by Gasteiger charge is 2.14. The Kier molecular flexibility index (Phi) is 4.41. The number of carbonyl (C=O) groups is 1. The molecule has 0 aromatic heterocycles. The summed E-state index contributed by atoms with van der Waals surface area (Å²) in [6.07, 6.45) is 0.906. The van der Waals surface area contributed by atoms with Crippen molar-refractivity contribution in [1.82, 2.24) is 0 Å². The van der Waals surface area contributed by atoms with E-state index < -0.39 is 0 Å². The Hall–Kier alpha value is -2.29. The van der Waals surface area contributed by atoms with E-state index in [0.717, 1.165) is 12.0 Å². The Morgan fingerprint density at radius 1 is 1.20 bits per heavy atom. The summed E-state index contributed by atoms with van der Waals surface area (Å²) in [7, 11) is 0. The van der Waals surface area contributed by atoms with Gasteiger partial charge in [0.05, 0.1) is 12.2 Å². The second kappa shape index (κ2) is 6.24. The molecule has 104 valence electrons. The zero-order chi connectivity index (χ0) is 14.5. The monoisotopic (exact) mass is 269 g/mol. The molecule has 0 saturated carbocycles. The van der Waals surface area contributed by atoms with E-state index in [1.54, 1.807) is 18.2 Å². The van der Waals surface area contributed by atoms with E-state index in [2.05, 4.69) is 0 Å². The van der Waals surface area contributed by atoms with Crippen molar-refractivity contribution in [3.63, 3.8) is 0 Å². The minimum absolute atomic E-state index is 0.0418. The van der Waals surface area contributed by atoms with Gasteiger partial charge in [0, 0.05) is 11.3 Å². The number of hydrogen-bond donors (Lipinski definition) is 1. The summed E-state index contributed by atoms with van der Waals surface area (Å²) in [5.74, 6) is 0.591. The van der Waals surface area contributed by atoms with Gasteiger partial charge in [0.15, 0.2) is 5.78 Å². The highest BCUT2D eigenvalue weighted by molar-refractivity contribution is 6.11. The Morgan fingerprint density at radius 3 is 2.65 bits per heavy atom. The lowest BCUT2D eigenvalue weighted by Gasteiger charge is -2.10. The summed E-state index contributed by atoms with van der Waals surface area (Å²) in [5.41, 5.74) is 8.60. The molecule has 0 aliphatic rings. The number of benzene rings is 2. The highest BCUT2D eigenvalue weighted by atomic mass is 16.5. The molecule has 2 aromatic carbocycles. The van der Waals surface area contributed by atoms with Gasteiger partial charge >= 0.3 is 0 Å². The summed E-state index contributed by atoms with van der Waals surface area (Å²) in [6.45, 7) is 4.53. The average molecular weight is 269 g/mol. The van der Waals surface area contributed by atoms with E-state index in [9.17, 15) is 4.79 Å². The molecule has 0 bridgehead atoms. The number of ketones is 1. The maximum Gasteiger partial charge on any atom is 0.196 e. The van der Waals surface area contributed by atoms with Crippen LogP contribution >= 0.6 is 0 Å². The standard InChI is InChI=1S/C17H19NO2/c1-3-10-20-16-7-5-4-6-14(16)17(19)13-8-9-15(18)12(2)11-13/h4-9,11H,3,10,18H2,1-2H3. The fourth-order valence-corrected chi connectivity index (χ4v) is 1.96. The van der Waals surface area contributed by atoms with Gasteiger partial charge in [0.25, 0.3) is 0 Å². The fourth-order valence-electron chi connectivity index (χ4n) is 1.96. The molecule has 0 amide bonds. The molecule has 2 N–H and O–H groups in total. The number of anilines is 1. The van der Waals surface area contributed by atoms with Crippen LogP contribution in [0.2, 0.25) is 0 Å². The molecule has 0 atom stereocenters. The Bertz CT molecular complexity index is 620. The Labute approximate surface area is 119 Å². The van der Waals surface area contributed by atoms with E-state index in [-0.39, 0.29) is 5.78 Å². The molecule has 0 spiro atoms. The quantitative estimate of drug-likeness (QED) is 0.666. The van der Waals surface area contributed by atoms with Crippen LogP contribution in [0.4, 0.5) is 5.69 Å². The predicted molar refractivity (Wildman–Crippen MR) is 81.3 cm³/mol. The van der Waals surface area contributed by atoms with Crippen molar-refractivity contribution in [3.8, 4) is 5.75 Å². The van der Waals surface area contributed by atoms with Crippen molar-refractivity contribution < 1.29 is 9.53 Å². The van der Waals surface area contributed by atoms with Gasteiger partial charge in [0.1, 0.15) is 5.75 Å². The summed E-state index contributed by atoms with van der Waals surface area (Å²) in [6, 6.07) is 12.7. The van der Waals surface area contributed by atoms with Gasteiger partial charge in [-0.2, -0.15) is 0 Å². The van der Waals surface area contributed by atoms with E-state index in [4.69, 9.17) is 10.5 Å². The molecule has 0 radical (unpaired) electrons. The van der Waals surface area contributed by atoms with Crippen molar-refractivity contribution in [2.45, 2.75) is 20.3 Å². The van der Waals surface area contributed by atoms with Crippen LogP contribution in [0.25, 0.3) is 0 Å². The number of carbonyl (C=O) groups excluding carboxylic acids is 1. The van der Waals surface area contributed by atoms with Crippen molar-refractivity contribution in [2.75, 3.05) is 12.3 Å². The van der Waals surface area contributed by atoms with Crippen LogP contribution in [0.15, 0.2) is 42.5 Å². The lowest BCUT2D eigenvalue weighted by Crippen LogP contribution is -2.06. The first-order valence-corrected chi connectivity index (χ1v) is 6.76.